The first-order valence-corrected chi connectivity index (χ1v) is 8.12. The molecule has 0 radical (unpaired) electrons. The third-order valence-electron chi connectivity index (χ3n) is 3.21. The predicted molar refractivity (Wildman–Crippen MR) is 90.3 cm³/mol. The van der Waals surface area contributed by atoms with Crippen molar-refractivity contribution in [2.75, 3.05) is 0 Å². The van der Waals surface area contributed by atoms with Gasteiger partial charge in [-0.15, -0.1) is 10.2 Å². The van der Waals surface area contributed by atoms with E-state index in [9.17, 15) is 0 Å². The number of nitrogens with zero attached hydrogens (tertiary/aromatic N) is 4. The van der Waals surface area contributed by atoms with Crippen molar-refractivity contribution in [3.8, 4) is 17.1 Å². The van der Waals surface area contributed by atoms with Gasteiger partial charge in [-0.1, -0.05) is 43.3 Å². The molecule has 0 aliphatic heterocycles. The third-order valence-corrected chi connectivity index (χ3v) is 4.15. The lowest BCUT2D eigenvalue weighted by Gasteiger charge is -2.11. The van der Waals surface area contributed by atoms with Gasteiger partial charge in [-0.2, -0.15) is 0 Å². The van der Waals surface area contributed by atoms with Crippen LogP contribution in [0.1, 0.15) is 19.4 Å². The fourth-order valence-electron chi connectivity index (χ4n) is 2.17. The molecule has 0 spiro atoms. The van der Waals surface area contributed by atoms with Crippen LogP contribution in [0, 0.1) is 6.92 Å². The molecule has 2 heterocycles. The van der Waals surface area contributed by atoms with Gasteiger partial charge in [0.15, 0.2) is 11.0 Å². The highest BCUT2D eigenvalue weighted by atomic mass is 32.2. The molecule has 112 valence electrons. The summed E-state index contributed by atoms with van der Waals surface area (Å²) >= 11 is 1.71. The van der Waals surface area contributed by atoms with Crippen molar-refractivity contribution in [3.05, 3.63) is 54.4 Å². The summed E-state index contributed by atoms with van der Waals surface area (Å²) in [4.78, 5) is 4.08. The second-order valence-electron chi connectivity index (χ2n) is 5.38. The van der Waals surface area contributed by atoms with E-state index in [0.717, 1.165) is 22.2 Å². The lowest BCUT2D eigenvalue weighted by atomic mass is 10.2. The molecule has 0 N–H and O–H groups in total. The molecule has 0 aliphatic carbocycles. The highest BCUT2D eigenvalue weighted by Crippen LogP contribution is 2.29. The smallest absolute Gasteiger partial charge is 0.196 e. The van der Waals surface area contributed by atoms with Crippen LogP contribution >= 0.6 is 11.8 Å². The molecule has 0 aliphatic rings. The van der Waals surface area contributed by atoms with Gasteiger partial charge in [-0.25, -0.2) is 0 Å². The van der Waals surface area contributed by atoms with E-state index >= 15 is 0 Å². The Morgan fingerprint density at radius 2 is 1.64 bits per heavy atom. The van der Waals surface area contributed by atoms with Crippen LogP contribution in [0.15, 0.2) is 53.9 Å². The number of benzene rings is 1. The fraction of sp³-hybridized carbons (Fsp3) is 0.235. The minimum Gasteiger partial charge on any atom is -0.270 e. The van der Waals surface area contributed by atoms with Gasteiger partial charge < -0.3 is 0 Å². The van der Waals surface area contributed by atoms with Crippen LogP contribution in [0.25, 0.3) is 17.1 Å². The maximum absolute atomic E-state index is 4.40. The van der Waals surface area contributed by atoms with Crippen molar-refractivity contribution in [2.24, 2.45) is 0 Å². The first kappa shape index (κ1) is 14.8. The number of hydrogen-bond acceptors (Lipinski definition) is 4. The van der Waals surface area contributed by atoms with E-state index in [-0.39, 0.29) is 0 Å². The van der Waals surface area contributed by atoms with Crippen molar-refractivity contribution in [3.63, 3.8) is 0 Å². The van der Waals surface area contributed by atoms with Crippen molar-refractivity contribution < 1.29 is 0 Å². The molecule has 0 bridgehead atoms. The summed E-state index contributed by atoms with van der Waals surface area (Å²) in [7, 11) is 0. The molecule has 0 saturated carbocycles. The average molecular weight is 310 g/mol. The van der Waals surface area contributed by atoms with E-state index in [1.54, 1.807) is 24.2 Å². The molecule has 0 amide bonds. The Labute approximate surface area is 134 Å². The lowest BCUT2D eigenvalue weighted by Crippen LogP contribution is -2.01. The molecule has 0 atom stereocenters. The molecule has 3 aromatic rings. The van der Waals surface area contributed by atoms with Crippen LogP contribution in [0.4, 0.5) is 0 Å². The van der Waals surface area contributed by atoms with Gasteiger partial charge in [0.25, 0.3) is 0 Å². The zero-order valence-corrected chi connectivity index (χ0v) is 13.7. The van der Waals surface area contributed by atoms with E-state index in [1.165, 1.54) is 5.56 Å². The van der Waals surface area contributed by atoms with Crippen LogP contribution in [0.3, 0.4) is 0 Å². The Hall–Kier alpha value is -2.14. The third kappa shape index (κ3) is 3.04. The number of hydrogen-bond donors (Lipinski definition) is 0. The van der Waals surface area contributed by atoms with E-state index in [2.05, 4.69) is 64.8 Å². The minimum atomic E-state index is 0.443. The van der Waals surface area contributed by atoms with E-state index in [4.69, 9.17) is 0 Å². The van der Waals surface area contributed by atoms with Crippen molar-refractivity contribution >= 4 is 11.8 Å². The van der Waals surface area contributed by atoms with Gasteiger partial charge >= 0.3 is 0 Å². The summed E-state index contributed by atoms with van der Waals surface area (Å²) in [6.45, 7) is 6.40. The quantitative estimate of drug-likeness (QED) is 0.679. The lowest BCUT2D eigenvalue weighted by molar-refractivity contribution is 0.879. The van der Waals surface area contributed by atoms with Gasteiger partial charge in [-0.3, -0.25) is 9.55 Å². The predicted octanol–water partition coefficient (Wildman–Crippen LogP) is 4.14. The van der Waals surface area contributed by atoms with Gasteiger partial charge in [-0.05, 0) is 31.2 Å². The molecular formula is C17H18N4S. The summed E-state index contributed by atoms with van der Waals surface area (Å²) in [5.41, 5.74) is 3.32. The monoisotopic (exact) mass is 310 g/mol. The first-order chi connectivity index (χ1) is 10.6. The zero-order chi connectivity index (χ0) is 15.5. The van der Waals surface area contributed by atoms with Crippen LogP contribution in [0.2, 0.25) is 0 Å². The van der Waals surface area contributed by atoms with Crippen LogP contribution in [0.5, 0.6) is 0 Å². The molecule has 22 heavy (non-hydrogen) atoms. The average Bonchev–Trinajstić information content (AvgIpc) is 2.92. The molecular weight excluding hydrogens is 292 g/mol. The van der Waals surface area contributed by atoms with Gasteiger partial charge in [0, 0.05) is 28.9 Å². The van der Waals surface area contributed by atoms with Crippen LogP contribution in [-0.2, 0) is 0 Å². The Bertz CT molecular complexity index is 748. The number of rotatable bonds is 4. The van der Waals surface area contributed by atoms with E-state index < -0.39 is 0 Å². The molecule has 5 heteroatoms. The largest absolute Gasteiger partial charge is 0.270 e. The number of aryl methyl sites for hydroxylation is 1. The highest BCUT2D eigenvalue weighted by molar-refractivity contribution is 7.99. The summed E-state index contributed by atoms with van der Waals surface area (Å²) in [5.74, 6) is 0.842. The number of pyridine rings is 1. The molecule has 1 aromatic carbocycles. The Kier molecular flexibility index (Phi) is 4.24. The summed E-state index contributed by atoms with van der Waals surface area (Å²) in [6.07, 6.45) is 3.55. The molecule has 3 rings (SSSR count). The maximum atomic E-state index is 4.40. The second-order valence-corrected chi connectivity index (χ2v) is 6.92. The molecule has 2 aromatic heterocycles. The summed E-state index contributed by atoms with van der Waals surface area (Å²) in [5, 5.41) is 10.1. The summed E-state index contributed by atoms with van der Waals surface area (Å²) < 4.78 is 2.11. The second kappa shape index (κ2) is 6.32. The number of thioether (sulfide) groups is 1. The molecule has 4 nitrogen and oxygen atoms in total. The standard InChI is InChI=1S/C17H18N4S/c1-12(2)22-17-20-19-16(14-8-10-18-11-9-14)21(17)15-6-4-13(3)5-7-15/h4-12H,1-3H3. The van der Waals surface area contributed by atoms with E-state index in [1.807, 2.05) is 12.1 Å². The van der Waals surface area contributed by atoms with Gasteiger partial charge in [0.1, 0.15) is 0 Å². The fourth-order valence-corrected chi connectivity index (χ4v) is 2.98. The van der Waals surface area contributed by atoms with Crippen molar-refractivity contribution in [2.45, 2.75) is 31.2 Å². The van der Waals surface area contributed by atoms with Crippen molar-refractivity contribution in [1.29, 1.82) is 0 Å². The Morgan fingerprint density at radius 1 is 0.955 bits per heavy atom. The van der Waals surface area contributed by atoms with Crippen LogP contribution in [-0.4, -0.2) is 25.0 Å². The van der Waals surface area contributed by atoms with Gasteiger partial charge in [0.2, 0.25) is 0 Å². The van der Waals surface area contributed by atoms with Crippen LogP contribution < -0.4 is 0 Å². The molecule has 0 fully saturated rings. The highest BCUT2D eigenvalue weighted by Gasteiger charge is 2.16. The topological polar surface area (TPSA) is 43.6 Å². The Balaban J connectivity index is 2.15. The number of aromatic nitrogens is 4. The maximum Gasteiger partial charge on any atom is 0.196 e. The zero-order valence-electron chi connectivity index (χ0n) is 12.9. The first-order valence-electron chi connectivity index (χ1n) is 7.24. The summed E-state index contributed by atoms with van der Waals surface area (Å²) in [6, 6.07) is 12.3. The SMILES string of the molecule is Cc1ccc(-n2c(SC(C)C)nnc2-c2ccncc2)cc1. The normalized spacial score (nSPS) is 11.1. The van der Waals surface area contributed by atoms with Crippen molar-refractivity contribution in [1.82, 2.24) is 19.7 Å². The minimum absolute atomic E-state index is 0.443. The van der Waals surface area contributed by atoms with E-state index in [0.29, 0.717) is 5.25 Å². The Morgan fingerprint density at radius 3 is 2.27 bits per heavy atom. The molecule has 0 unspecified atom stereocenters. The van der Waals surface area contributed by atoms with Gasteiger partial charge in [0.05, 0.1) is 0 Å². The molecule has 0 saturated heterocycles.